The van der Waals surface area contributed by atoms with Crippen molar-refractivity contribution in [2.45, 2.75) is 25.2 Å². The van der Waals surface area contributed by atoms with Gasteiger partial charge >= 0.3 is 0 Å². The van der Waals surface area contributed by atoms with Crippen molar-refractivity contribution < 1.29 is 4.79 Å². The van der Waals surface area contributed by atoms with Crippen molar-refractivity contribution in [2.24, 2.45) is 0 Å². The predicted octanol–water partition coefficient (Wildman–Crippen LogP) is 2.49. The van der Waals surface area contributed by atoms with Crippen LogP contribution in [-0.4, -0.2) is 16.0 Å². The van der Waals surface area contributed by atoms with Gasteiger partial charge in [0, 0.05) is 5.56 Å². The molecule has 3 rings (SSSR count). The van der Waals surface area contributed by atoms with Crippen molar-refractivity contribution in [1.82, 2.24) is 10.2 Å². The maximum absolute atomic E-state index is 12.3. The minimum absolute atomic E-state index is 0.0672. The van der Waals surface area contributed by atoms with Gasteiger partial charge in [-0.3, -0.25) is 9.89 Å². The van der Waals surface area contributed by atoms with Gasteiger partial charge in [0.15, 0.2) is 5.78 Å². The zero-order valence-corrected chi connectivity index (χ0v) is 10.0. The van der Waals surface area contributed by atoms with Crippen molar-refractivity contribution in [3.8, 4) is 0 Å². The van der Waals surface area contributed by atoms with Crippen molar-refractivity contribution in [3.63, 3.8) is 0 Å². The summed E-state index contributed by atoms with van der Waals surface area (Å²) in [6.07, 6.45) is 5.22. The summed E-state index contributed by atoms with van der Waals surface area (Å²) in [6.45, 7) is 0. The molecule has 0 radical (unpaired) electrons. The average molecular weight is 241 g/mol. The summed E-state index contributed by atoms with van der Waals surface area (Å²) in [5.74, 6) is 0.885. The SMILES string of the molecule is Nc1[nH]ncc1C(=O)c1cccc(C2CCC2)c1. The second-order valence-electron chi connectivity index (χ2n) is 4.78. The van der Waals surface area contributed by atoms with E-state index in [1.807, 2.05) is 18.2 Å². The van der Waals surface area contributed by atoms with Crippen LogP contribution in [0.15, 0.2) is 30.5 Å². The summed E-state index contributed by atoms with van der Waals surface area (Å²) in [6, 6.07) is 7.85. The third-order valence-corrected chi connectivity index (χ3v) is 3.64. The number of rotatable bonds is 3. The number of nitrogens with zero attached hydrogens (tertiary/aromatic N) is 1. The molecular formula is C14H15N3O. The van der Waals surface area contributed by atoms with Gasteiger partial charge < -0.3 is 5.73 Å². The Balaban J connectivity index is 1.92. The van der Waals surface area contributed by atoms with E-state index in [4.69, 9.17) is 5.73 Å². The second kappa shape index (κ2) is 4.29. The zero-order chi connectivity index (χ0) is 12.5. The molecule has 1 aliphatic carbocycles. The highest BCUT2D eigenvalue weighted by molar-refractivity contribution is 6.11. The average Bonchev–Trinajstić information content (AvgIpc) is 2.73. The fourth-order valence-electron chi connectivity index (χ4n) is 2.31. The van der Waals surface area contributed by atoms with Crippen LogP contribution >= 0.6 is 0 Å². The second-order valence-corrected chi connectivity index (χ2v) is 4.78. The number of nitrogens with two attached hydrogens (primary N) is 1. The van der Waals surface area contributed by atoms with Crippen LogP contribution in [0.5, 0.6) is 0 Å². The van der Waals surface area contributed by atoms with Gasteiger partial charge in [-0.25, -0.2) is 0 Å². The molecule has 0 unspecified atom stereocenters. The molecule has 0 saturated heterocycles. The van der Waals surface area contributed by atoms with E-state index < -0.39 is 0 Å². The lowest BCUT2D eigenvalue weighted by Gasteiger charge is -2.26. The first-order valence-electron chi connectivity index (χ1n) is 6.19. The highest BCUT2D eigenvalue weighted by atomic mass is 16.1. The Bertz CT molecular complexity index is 584. The molecule has 1 fully saturated rings. The Kier molecular flexibility index (Phi) is 2.63. The van der Waals surface area contributed by atoms with Crippen LogP contribution in [0.2, 0.25) is 0 Å². The smallest absolute Gasteiger partial charge is 0.198 e. The molecule has 1 saturated carbocycles. The molecule has 92 valence electrons. The van der Waals surface area contributed by atoms with E-state index in [0.717, 1.165) is 0 Å². The lowest BCUT2D eigenvalue weighted by atomic mass is 9.79. The molecular weight excluding hydrogens is 226 g/mol. The van der Waals surface area contributed by atoms with E-state index in [9.17, 15) is 4.79 Å². The van der Waals surface area contributed by atoms with Gasteiger partial charge in [0.1, 0.15) is 5.82 Å². The van der Waals surface area contributed by atoms with Gasteiger partial charge in [-0.2, -0.15) is 5.10 Å². The standard InChI is InChI=1S/C14H15N3O/c15-14-12(8-16-17-14)13(18)11-6-2-5-10(7-11)9-3-1-4-9/h2,5-9H,1,3-4H2,(H3,15,16,17). The number of nitrogens with one attached hydrogen (secondary N) is 1. The van der Waals surface area contributed by atoms with Gasteiger partial charge in [-0.15, -0.1) is 0 Å². The van der Waals surface area contributed by atoms with E-state index in [1.54, 1.807) is 0 Å². The number of aromatic amines is 1. The normalized spacial score (nSPS) is 15.3. The Morgan fingerprint density at radius 1 is 1.39 bits per heavy atom. The van der Waals surface area contributed by atoms with Crippen LogP contribution in [0.1, 0.15) is 46.7 Å². The summed E-state index contributed by atoms with van der Waals surface area (Å²) in [5.41, 5.74) is 8.07. The zero-order valence-electron chi connectivity index (χ0n) is 10.0. The van der Waals surface area contributed by atoms with Crippen molar-refractivity contribution >= 4 is 11.6 Å². The fourth-order valence-corrected chi connectivity index (χ4v) is 2.31. The first-order valence-corrected chi connectivity index (χ1v) is 6.19. The number of H-pyrrole nitrogens is 1. The molecule has 3 N–H and O–H groups in total. The maximum atomic E-state index is 12.3. The van der Waals surface area contributed by atoms with Crippen molar-refractivity contribution in [1.29, 1.82) is 0 Å². The van der Waals surface area contributed by atoms with E-state index in [1.165, 1.54) is 31.0 Å². The van der Waals surface area contributed by atoms with E-state index in [2.05, 4.69) is 16.3 Å². The molecule has 1 aromatic heterocycles. The van der Waals surface area contributed by atoms with Crippen LogP contribution in [0, 0.1) is 0 Å². The quantitative estimate of drug-likeness (QED) is 0.811. The number of anilines is 1. The first-order chi connectivity index (χ1) is 8.75. The third kappa shape index (κ3) is 1.79. The molecule has 0 amide bonds. The molecule has 2 aromatic rings. The number of carbonyl (C=O) groups excluding carboxylic acids is 1. The van der Waals surface area contributed by atoms with Crippen LogP contribution in [0.3, 0.4) is 0 Å². The number of nitrogen functional groups attached to an aromatic ring is 1. The van der Waals surface area contributed by atoms with E-state index in [0.29, 0.717) is 22.9 Å². The van der Waals surface area contributed by atoms with Gasteiger partial charge in [0.05, 0.1) is 11.8 Å². The number of aromatic nitrogens is 2. The van der Waals surface area contributed by atoms with Crippen molar-refractivity contribution in [2.75, 3.05) is 5.73 Å². The van der Waals surface area contributed by atoms with Gasteiger partial charge in [0.2, 0.25) is 0 Å². The van der Waals surface area contributed by atoms with E-state index in [-0.39, 0.29) is 5.78 Å². The Morgan fingerprint density at radius 2 is 2.22 bits per heavy atom. The number of carbonyl (C=O) groups is 1. The molecule has 1 aromatic carbocycles. The Labute approximate surface area is 105 Å². The Morgan fingerprint density at radius 3 is 2.83 bits per heavy atom. The predicted molar refractivity (Wildman–Crippen MR) is 69.5 cm³/mol. The summed E-state index contributed by atoms with van der Waals surface area (Å²) in [4.78, 5) is 12.3. The molecule has 18 heavy (non-hydrogen) atoms. The molecule has 4 heteroatoms. The fraction of sp³-hybridized carbons (Fsp3) is 0.286. The van der Waals surface area contributed by atoms with Gasteiger partial charge in [0.25, 0.3) is 0 Å². The summed E-state index contributed by atoms with van der Waals surface area (Å²) >= 11 is 0. The third-order valence-electron chi connectivity index (χ3n) is 3.64. The molecule has 0 atom stereocenters. The highest BCUT2D eigenvalue weighted by Crippen LogP contribution is 2.36. The molecule has 0 bridgehead atoms. The first kappa shape index (κ1) is 11.0. The van der Waals surface area contributed by atoms with Gasteiger partial charge in [-0.1, -0.05) is 24.6 Å². The summed E-state index contributed by atoms with van der Waals surface area (Å²) in [7, 11) is 0. The van der Waals surface area contributed by atoms with E-state index >= 15 is 0 Å². The number of hydrogen-bond acceptors (Lipinski definition) is 3. The summed E-state index contributed by atoms with van der Waals surface area (Å²) in [5, 5.41) is 6.37. The highest BCUT2D eigenvalue weighted by Gasteiger charge is 2.21. The number of hydrogen-bond donors (Lipinski definition) is 2. The van der Waals surface area contributed by atoms with Crippen LogP contribution < -0.4 is 5.73 Å². The molecule has 1 aliphatic rings. The lowest BCUT2D eigenvalue weighted by molar-refractivity contribution is 0.103. The number of ketones is 1. The molecule has 4 nitrogen and oxygen atoms in total. The van der Waals surface area contributed by atoms with Crippen LogP contribution in [0.25, 0.3) is 0 Å². The number of benzene rings is 1. The molecule has 0 spiro atoms. The topological polar surface area (TPSA) is 71.8 Å². The minimum atomic E-state index is -0.0672. The van der Waals surface area contributed by atoms with Crippen LogP contribution in [-0.2, 0) is 0 Å². The van der Waals surface area contributed by atoms with Gasteiger partial charge in [-0.05, 0) is 30.4 Å². The molecule has 0 aliphatic heterocycles. The molecule has 1 heterocycles. The lowest BCUT2D eigenvalue weighted by Crippen LogP contribution is -2.10. The minimum Gasteiger partial charge on any atom is -0.383 e. The van der Waals surface area contributed by atoms with Crippen LogP contribution in [0.4, 0.5) is 5.82 Å². The maximum Gasteiger partial charge on any atom is 0.198 e. The largest absolute Gasteiger partial charge is 0.383 e. The monoisotopic (exact) mass is 241 g/mol. The van der Waals surface area contributed by atoms with Crippen molar-refractivity contribution in [3.05, 3.63) is 47.2 Å². The summed E-state index contributed by atoms with van der Waals surface area (Å²) < 4.78 is 0. The Hall–Kier alpha value is -2.10.